The van der Waals surface area contributed by atoms with Crippen molar-refractivity contribution in [3.63, 3.8) is 0 Å². The Labute approximate surface area is 114 Å². The summed E-state index contributed by atoms with van der Waals surface area (Å²) in [5, 5.41) is 0. The van der Waals surface area contributed by atoms with Gasteiger partial charge in [-0.15, -0.1) is 0 Å². The Morgan fingerprint density at radius 2 is 2.05 bits per heavy atom. The van der Waals surface area contributed by atoms with Crippen LogP contribution in [0.1, 0.15) is 68.0 Å². The molecule has 0 spiro atoms. The van der Waals surface area contributed by atoms with E-state index >= 15 is 0 Å². The Morgan fingerprint density at radius 3 is 2.53 bits per heavy atom. The molecule has 0 bridgehead atoms. The van der Waals surface area contributed by atoms with Crippen molar-refractivity contribution in [1.82, 2.24) is 9.97 Å². The van der Waals surface area contributed by atoms with Crippen molar-refractivity contribution in [1.29, 1.82) is 0 Å². The second-order valence-electron chi connectivity index (χ2n) is 4.53. The molecule has 0 N–H and O–H groups in total. The molecule has 0 radical (unpaired) electrons. The zero-order valence-corrected chi connectivity index (χ0v) is 12.3. The van der Waals surface area contributed by atoms with Crippen LogP contribution in [0.2, 0.25) is 0 Å². The van der Waals surface area contributed by atoms with Crippen LogP contribution in [-0.2, 0) is 9.47 Å². The maximum absolute atomic E-state index is 11.9. The van der Waals surface area contributed by atoms with Gasteiger partial charge in [-0.2, -0.15) is 0 Å². The lowest BCUT2D eigenvalue weighted by Crippen LogP contribution is -2.15. The zero-order chi connectivity index (χ0) is 14.4. The molecule has 0 saturated carbocycles. The van der Waals surface area contributed by atoms with Gasteiger partial charge in [0.15, 0.2) is 5.82 Å². The fourth-order valence-corrected chi connectivity index (χ4v) is 1.83. The third-order valence-electron chi connectivity index (χ3n) is 2.82. The molecule has 0 aliphatic heterocycles. The number of carbonyl (C=O) groups excluding carboxylic acids is 1. The molecule has 19 heavy (non-hydrogen) atoms. The number of aromatic nitrogens is 2. The summed E-state index contributed by atoms with van der Waals surface area (Å²) in [7, 11) is 1.63. The fraction of sp³-hybridized carbons (Fsp3) is 0.643. The third kappa shape index (κ3) is 3.73. The average molecular weight is 266 g/mol. The van der Waals surface area contributed by atoms with Crippen LogP contribution < -0.4 is 0 Å². The van der Waals surface area contributed by atoms with Crippen molar-refractivity contribution in [2.24, 2.45) is 0 Å². The number of ether oxygens (including phenoxy) is 2. The first-order chi connectivity index (χ1) is 9.04. The van der Waals surface area contributed by atoms with E-state index in [1.165, 1.54) is 6.20 Å². The number of carbonyl (C=O) groups is 1. The zero-order valence-electron chi connectivity index (χ0n) is 12.3. The van der Waals surface area contributed by atoms with E-state index in [9.17, 15) is 4.79 Å². The Morgan fingerprint density at radius 1 is 1.37 bits per heavy atom. The van der Waals surface area contributed by atoms with Gasteiger partial charge in [-0.3, -0.25) is 0 Å². The number of hydrogen-bond donors (Lipinski definition) is 0. The molecule has 1 rings (SSSR count). The lowest BCUT2D eigenvalue weighted by molar-refractivity contribution is 0.0522. The fourth-order valence-electron chi connectivity index (χ4n) is 1.83. The quantitative estimate of drug-likeness (QED) is 0.741. The molecule has 0 aliphatic carbocycles. The second-order valence-corrected chi connectivity index (χ2v) is 4.53. The van der Waals surface area contributed by atoms with E-state index in [4.69, 9.17) is 9.47 Å². The van der Waals surface area contributed by atoms with E-state index in [0.29, 0.717) is 23.7 Å². The highest BCUT2D eigenvalue weighted by Crippen LogP contribution is 2.22. The van der Waals surface area contributed by atoms with Crippen LogP contribution in [-0.4, -0.2) is 29.7 Å². The normalized spacial score (nSPS) is 12.5. The van der Waals surface area contributed by atoms with Crippen LogP contribution in [0.5, 0.6) is 0 Å². The smallest absolute Gasteiger partial charge is 0.341 e. The van der Waals surface area contributed by atoms with Crippen LogP contribution in [0.25, 0.3) is 0 Å². The van der Waals surface area contributed by atoms with Gasteiger partial charge in [-0.1, -0.05) is 20.8 Å². The van der Waals surface area contributed by atoms with Crippen molar-refractivity contribution >= 4 is 5.97 Å². The molecule has 0 aliphatic rings. The topological polar surface area (TPSA) is 61.3 Å². The summed E-state index contributed by atoms with van der Waals surface area (Å²) < 4.78 is 10.3. The average Bonchev–Trinajstić information content (AvgIpc) is 2.40. The van der Waals surface area contributed by atoms with E-state index < -0.39 is 0 Å². The molecule has 0 aromatic carbocycles. The van der Waals surface area contributed by atoms with Crippen LogP contribution >= 0.6 is 0 Å². The van der Waals surface area contributed by atoms with Gasteiger partial charge in [0.1, 0.15) is 6.10 Å². The van der Waals surface area contributed by atoms with Gasteiger partial charge >= 0.3 is 5.97 Å². The minimum atomic E-state index is -0.372. The van der Waals surface area contributed by atoms with Crippen LogP contribution in [0.4, 0.5) is 0 Å². The first-order valence-electron chi connectivity index (χ1n) is 6.61. The Balaban J connectivity index is 3.18. The molecule has 0 saturated heterocycles. The standard InChI is InChI=1S/C14H22N2O3/c1-6-11(18-5)13-15-8-10(14(17)19-7-2)12(16-13)9(3)4/h8-9,11H,6-7H2,1-5H3. The van der Waals surface area contributed by atoms with E-state index in [-0.39, 0.29) is 18.0 Å². The Kier molecular flexibility index (Phi) is 5.89. The molecular formula is C14H22N2O3. The molecule has 106 valence electrons. The molecule has 1 atom stereocenters. The molecule has 1 heterocycles. The molecule has 0 amide bonds. The van der Waals surface area contributed by atoms with E-state index in [1.807, 2.05) is 20.8 Å². The maximum Gasteiger partial charge on any atom is 0.341 e. The van der Waals surface area contributed by atoms with Crippen molar-refractivity contribution < 1.29 is 14.3 Å². The molecule has 1 aromatic rings. The first kappa shape index (κ1) is 15.6. The SMILES string of the molecule is CCOC(=O)c1cnc(C(CC)OC)nc1C(C)C. The minimum absolute atomic E-state index is 0.121. The van der Waals surface area contributed by atoms with Crippen molar-refractivity contribution in [2.45, 2.75) is 46.1 Å². The van der Waals surface area contributed by atoms with Crippen LogP contribution in [0, 0.1) is 0 Å². The lowest BCUT2D eigenvalue weighted by Gasteiger charge is -2.16. The van der Waals surface area contributed by atoms with Crippen LogP contribution in [0.15, 0.2) is 6.20 Å². The maximum atomic E-state index is 11.9. The summed E-state index contributed by atoms with van der Waals surface area (Å²) in [6.45, 7) is 8.10. The summed E-state index contributed by atoms with van der Waals surface area (Å²) in [5.74, 6) is 0.362. The van der Waals surface area contributed by atoms with E-state index in [0.717, 1.165) is 6.42 Å². The molecule has 5 heteroatoms. The summed E-state index contributed by atoms with van der Waals surface area (Å²) in [6.07, 6.45) is 2.18. The Bertz CT molecular complexity index is 429. The molecule has 0 fully saturated rings. The molecule has 1 unspecified atom stereocenters. The number of esters is 1. The highest BCUT2D eigenvalue weighted by molar-refractivity contribution is 5.90. The molecule has 1 aromatic heterocycles. The number of nitrogens with zero attached hydrogens (tertiary/aromatic N) is 2. The second kappa shape index (κ2) is 7.19. The number of hydrogen-bond acceptors (Lipinski definition) is 5. The summed E-state index contributed by atoms with van der Waals surface area (Å²) in [6, 6.07) is 0. The summed E-state index contributed by atoms with van der Waals surface area (Å²) in [4.78, 5) is 20.6. The predicted octanol–water partition coefficient (Wildman–Crippen LogP) is 2.87. The van der Waals surface area contributed by atoms with Gasteiger partial charge in [-0.05, 0) is 19.3 Å². The molecular weight excluding hydrogens is 244 g/mol. The van der Waals surface area contributed by atoms with Crippen molar-refractivity contribution in [3.8, 4) is 0 Å². The lowest BCUT2D eigenvalue weighted by atomic mass is 10.0. The number of rotatable bonds is 6. The van der Waals surface area contributed by atoms with Crippen LogP contribution in [0.3, 0.4) is 0 Å². The predicted molar refractivity (Wildman–Crippen MR) is 72.1 cm³/mol. The summed E-state index contributed by atoms with van der Waals surface area (Å²) >= 11 is 0. The highest BCUT2D eigenvalue weighted by Gasteiger charge is 2.20. The summed E-state index contributed by atoms with van der Waals surface area (Å²) in [5.41, 5.74) is 1.14. The molecule has 5 nitrogen and oxygen atoms in total. The first-order valence-corrected chi connectivity index (χ1v) is 6.61. The van der Waals surface area contributed by atoms with Crippen molar-refractivity contribution in [2.75, 3.05) is 13.7 Å². The van der Waals surface area contributed by atoms with Crippen molar-refractivity contribution in [3.05, 3.63) is 23.3 Å². The van der Waals surface area contributed by atoms with E-state index in [2.05, 4.69) is 9.97 Å². The van der Waals surface area contributed by atoms with Gasteiger partial charge in [0.2, 0.25) is 0 Å². The number of methoxy groups -OCH3 is 1. The monoisotopic (exact) mass is 266 g/mol. The van der Waals surface area contributed by atoms with Gasteiger partial charge in [0.05, 0.1) is 17.9 Å². The minimum Gasteiger partial charge on any atom is -0.462 e. The van der Waals surface area contributed by atoms with E-state index in [1.54, 1.807) is 14.0 Å². The highest BCUT2D eigenvalue weighted by atomic mass is 16.5. The van der Waals surface area contributed by atoms with Gasteiger partial charge in [0.25, 0.3) is 0 Å². The van der Waals surface area contributed by atoms with Gasteiger partial charge in [-0.25, -0.2) is 14.8 Å². The van der Waals surface area contributed by atoms with Gasteiger partial charge < -0.3 is 9.47 Å². The van der Waals surface area contributed by atoms with Gasteiger partial charge in [0, 0.05) is 13.3 Å². The third-order valence-corrected chi connectivity index (χ3v) is 2.82. The largest absolute Gasteiger partial charge is 0.462 e. The Hall–Kier alpha value is -1.49.